The number of nitrogens with zero attached hydrogens (tertiary/aromatic N) is 4. The summed E-state index contributed by atoms with van der Waals surface area (Å²) in [5.74, 6) is 0.776. The van der Waals surface area contributed by atoms with E-state index in [-0.39, 0.29) is 11.9 Å². The van der Waals surface area contributed by atoms with Crippen LogP contribution in [0.3, 0.4) is 0 Å². The molecule has 0 amide bonds. The predicted octanol–water partition coefficient (Wildman–Crippen LogP) is 2.10. The second kappa shape index (κ2) is 8.32. The minimum absolute atomic E-state index is 0.00275. The molecule has 0 radical (unpaired) electrons. The first kappa shape index (κ1) is 16.2. The van der Waals surface area contributed by atoms with E-state index in [0.29, 0.717) is 13.0 Å². The fourth-order valence-electron chi connectivity index (χ4n) is 2.62. The van der Waals surface area contributed by atoms with Crippen LogP contribution in [0, 0.1) is 17.2 Å². The van der Waals surface area contributed by atoms with Gasteiger partial charge in [-0.15, -0.1) is 0 Å². The van der Waals surface area contributed by atoms with E-state index in [0.717, 1.165) is 50.3 Å². The highest BCUT2D eigenvalue weighted by atomic mass is 16.5. The molecule has 2 rings (SSSR count). The molecule has 1 aromatic heterocycles. The molecule has 0 bridgehead atoms. The number of nitriles is 1. The highest BCUT2D eigenvalue weighted by Gasteiger charge is 2.26. The van der Waals surface area contributed by atoms with Gasteiger partial charge in [0.25, 0.3) is 0 Å². The molecule has 22 heavy (non-hydrogen) atoms. The lowest BCUT2D eigenvalue weighted by atomic mass is 9.97. The van der Waals surface area contributed by atoms with Gasteiger partial charge in [0.2, 0.25) is 0 Å². The van der Waals surface area contributed by atoms with Crippen molar-refractivity contribution in [3.05, 3.63) is 18.1 Å². The zero-order valence-electron chi connectivity index (χ0n) is 13.0. The van der Waals surface area contributed by atoms with Crippen molar-refractivity contribution in [1.29, 1.82) is 5.26 Å². The maximum atomic E-state index is 11.7. The number of carbonyl (C=O) groups excluding carboxylic acids is 1. The Labute approximate surface area is 131 Å². The lowest BCUT2D eigenvalue weighted by Crippen LogP contribution is -2.37. The average Bonchev–Trinajstić information content (AvgIpc) is 2.56. The maximum absolute atomic E-state index is 11.7. The first-order valence-corrected chi connectivity index (χ1v) is 7.84. The monoisotopic (exact) mass is 302 g/mol. The number of anilines is 1. The van der Waals surface area contributed by atoms with Crippen LogP contribution in [0.25, 0.3) is 0 Å². The molecule has 2 heterocycles. The zero-order chi connectivity index (χ0) is 15.8. The zero-order valence-corrected chi connectivity index (χ0v) is 13.0. The number of rotatable bonds is 6. The largest absolute Gasteiger partial charge is 0.466 e. The minimum atomic E-state index is -0.0847. The molecule has 0 unspecified atom stereocenters. The topological polar surface area (TPSA) is 79.1 Å². The van der Waals surface area contributed by atoms with Crippen LogP contribution in [0.5, 0.6) is 0 Å². The SMILES string of the molecule is CCOC(=O)C1CCN(c2cncc(CCCC#N)n2)CC1. The summed E-state index contributed by atoms with van der Waals surface area (Å²) < 4.78 is 5.08. The Morgan fingerprint density at radius 2 is 2.23 bits per heavy atom. The molecule has 0 saturated carbocycles. The normalized spacial score (nSPS) is 15.4. The summed E-state index contributed by atoms with van der Waals surface area (Å²) >= 11 is 0. The smallest absolute Gasteiger partial charge is 0.309 e. The van der Waals surface area contributed by atoms with Gasteiger partial charge in [-0.25, -0.2) is 4.98 Å². The number of ether oxygens (including phenoxy) is 1. The fraction of sp³-hybridized carbons (Fsp3) is 0.625. The van der Waals surface area contributed by atoms with Crippen molar-refractivity contribution in [1.82, 2.24) is 9.97 Å². The van der Waals surface area contributed by atoms with Crippen LogP contribution >= 0.6 is 0 Å². The van der Waals surface area contributed by atoms with E-state index in [2.05, 4.69) is 20.9 Å². The number of piperidine rings is 1. The van der Waals surface area contributed by atoms with Crippen LogP contribution < -0.4 is 4.90 Å². The number of hydrogen-bond acceptors (Lipinski definition) is 6. The number of unbranched alkanes of at least 4 members (excludes halogenated alkanes) is 1. The molecule has 118 valence electrons. The van der Waals surface area contributed by atoms with Gasteiger partial charge in [0, 0.05) is 25.7 Å². The number of carbonyl (C=O) groups is 1. The highest BCUT2D eigenvalue weighted by molar-refractivity contribution is 5.72. The molecular weight excluding hydrogens is 280 g/mol. The number of hydrogen-bond donors (Lipinski definition) is 0. The van der Waals surface area contributed by atoms with Gasteiger partial charge >= 0.3 is 5.97 Å². The second-order valence-electron chi connectivity index (χ2n) is 5.39. The summed E-state index contributed by atoms with van der Waals surface area (Å²) in [4.78, 5) is 22.8. The summed E-state index contributed by atoms with van der Waals surface area (Å²) in [5, 5.41) is 8.58. The molecule has 1 aromatic rings. The van der Waals surface area contributed by atoms with Crippen LogP contribution in [0.15, 0.2) is 12.4 Å². The van der Waals surface area contributed by atoms with E-state index in [1.54, 1.807) is 12.4 Å². The molecule has 1 fully saturated rings. The second-order valence-corrected chi connectivity index (χ2v) is 5.39. The Morgan fingerprint density at radius 1 is 1.45 bits per heavy atom. The lowest BCUT2D eigenvalue weighted by Gasteiger charge is -2.31. The summed E-state index contributed by atoms with van der Waals surface area (Å²) in [5.41, 5.74) is 0.917. The first-order chi connectivity index (χ1) is 10.7. The Hall–Kier alpha value is -2.16. The summed E-state index contributed by atoms with van der Waals surface area (Å²) in [7, 11) is 0. The summed E-state index contributed by atoms with van der Waals surface area (Å²) in [6, 6.07) is 2.14. The van der Waals surface area contributed by atoms with Gasteiger partial charge in [-0.3, -0.25) is 9.78 Å². The lowest BCUT2D eigenvalue weighted by molar-refractivity contribution is -0.148. The molecule has 0 aliphatic carbocycles. The Morgan fingerprint density at radius 3 is 2.91 bits per heavy atom. The van der Waals surface area contributed by atoms with Gasteiger partial charge in [-0.1, -0.05) is 0 Å². The fourth-order valence-corrected chi connectivity index (χ4v) is 2.62. The molecule has 0 spiro atoms. The molecule has 0 N–H and O–H groups in total. The van der Waals surface area contributed by atoms with Crippen LogP contribution in [0.1, 0.15) is 38.3 Å². The van der Waals surface area contributed by atoms with Crippen LogP contribution in [0.2, 0.25) is 0 Å². The van der Waals surface area contributed by atoms with Crippen molar-refractivity contribution < 1.29 is 9.53 Å². The first-order valence-electron chi connectivity index (χ1n) is 7.84. The third kappa shape index (κ3) is 4.42. The molecule has 6 heteroatoms. The van der Waals surface area contributed by atoms with Gasteiger partial charge in [0.1, 0.15) is 5.82 Å². The number of aromatic nitrogens is 2. The minimum Gasteiger partial charge on any atom is -0.466 e. The van der Waals surface area contributed by atoms with Crippen molar-refractivity contribution in [3.63, 3.8) is 0 Å². The summed E-state index contributed by atoms with van der Waals surface area (Å²) in [6.45, 7) is 3.86. The van der Waals surface area contributed by atoms with Crippen LogP contribution in [-0.2, 0) is 16.0 Å². The van der Waals surface area contributed by atoms with E-state index in [4.69, 9.17) is 10.00 Å². The van der Waals surface area contributed by atoms with E-state index >= 15 is 0 Å². The standard InChI is InChI=1S/C16H22N4O2/c1-2-22-16(21)13-6-9-20(10-7-13)15-12-18-11-14(19-15)5-3-4-8-17/h11-13H,2-7,9-10H2,1H3. The van der Waals surface area contributed by atoms with Gasteiger partial charge in [0.15, 0.2) is 0 Å². The Kier molecular flexibility index (Phi) is 6.13. The van der Waals surface area contributed by atoms with Crippen LogP contribution in [-0.4, -0.2) is 35.6 Å². The number of aryl methyl sites for hydroxylation is 1. The molecule has 1 aliphatic rings. The molecule has 1 saturated heterocycles. The van der Waals surface area contributed by atoms with Crippen molar-refractivity contribution in [3.8, 4) is 6.07 Å². The molecule has 6 nitrogen and oxygen atoms in total. The van der Waals surface area contributed by atoms with E-state index < -0.39 is 0 Å². The molecular formula is C16H22N4O2. The summed E-state index contributed by atoms with van der Waals surface area (Å²) in [6.07, 6.45) is 7.22. The predicted molar refractivity (Wildman–Crippen MR) is 82.2 cm³/mol. The van der Waals surface area contributed by atoms with Crippen molar-refractivity contribution in [2.75, 3.05) is 24.6 Å². The molecule has 1 aliphatic heterocycles. The van der Waals surface area contributed by atoms with Gasteiger partial charge in [0.05, 0.1) is 30.5 Å². The Bertz CT molecular complexity index is 533. The Balaban J connectivity index is 1.89. The van der Waals surface area contributed by atoms with Gasteiger partial charge in [-0.2, -0.15) is 5.26 Å². The third-order valence-corrected chi connectivity index (χ3v) is 3.83. The highest BCUT2D eigenvalue weighted by Crippen LogP contribution is 2.22. The quantitative estimate of drug-likeness (QED) is 0.591. The number of esters is 1. The third-order valence-electron chi connectivity index (χ3n) is 3.83. The van der Waals surface area contributed by atoms with Crippen molar-refractivity contribution in [2.45, 2.75) is 39.0 Å². The molecule has 0 atom stereocenters. The van der Waals surface area contributed by atoms with E-state index in [1.165, 1.54) is 0 Å². The van der Waals surface area contributed by atoms with E-state index in [9.17, 15) is 4.79 Å². The van der Waals surface area contributed by atoms with Gasteiger partial charge in [-0.05, 0) is 32.6 Å². The van der Waals surface area contributed by atoms with Crippen LogP contribution in [0.4, 0.5) is 5.82 Å². The molecule has 0 aromatic carbocycles. The maximum Gasteiger partial charge on any atom is 0.309 e. The van der Waals surface area contributed by atoms with E-state index in [1.807, 2.05) is 6.92 Å². The van der Waals surface area contributed by atoms with Crippen molar-refractivity contribution >= 4 is 11.8 Å². The van der Waals surface area contributed by atoms with Crippen molar-refractivity contribution in [2.24, 2.45) is 5.92 Å². The van der Waals surface area contributed by atoms with Gasteiger partial charge < -0.3 is 9.64 Å². The average molecular weight is 302 g/mol.